The first-order chi connectivity index (χ1) is 14.0. The second kappa shape index (κ2) is 7.11. The van der Waals surface area contributed by atoms with Gasteiger partial charge in [0.15, 0.2) is 15.4 Å². The Bertz CT molecular complexity index is 1150. The fourth-order valence-corrected chi connectivity index (χ4v) is 5.42. The summed E-state index contributed by atoms with van der Waals surface area (Å²) in [4.78, 5) is 5.16. The Kier molecular flexibility index (Phi) is 4.55. The van der Waals surface area contributed by atoms with Gasteiger partial charge in [-0.1, -0.05) is 18.2 Å². The maximum absolute atomic E-state index is 12.3. The van der Waals surface area contributed by atoms with Crippen molar-refractivity contribution in [1.29, 1.82) is 0 Å². The highest BCUT2D eigenvalue weighted by Crippen LogP contribution is 2.37. The Morgan fingerprint density at radius 3 is 2.62 bits per heavy atom. The third-order valence-corrected chi connectivity index (χ3v) is 7.11. The number of benzene rings is 2. The van der Waals surface area contributed by atoms with Crippen molar-refractivity contribution >= 4 is 26.6 Å². The Labute approximate surface area is 170 Å². The van der Waals surface area contributed by atoms with Crippen molar-refractivity contribution in [3.8, 4) is 11.1 Å². The van der Waals surface area contributed by atoms with Gasteiger partial charge in [0.2, 0.25) is 0 Å². The molecule has 2 aromatic carbocycles. The van der Waals surface area contributed by atoms with Crippen LogP contribution in [-0.4, -0.2) is 62.6 Å². The molecule has 8 heteroatoms. The lowest BCUT2D eigenvalue weighted by Gasteiger charge is -2.42. The van der Waals surface area contributed by atoms with Gasteiger partial charge < -0.3 is 9.80 Å². The monoisotopic (exact) mass is 412 g/mol. The molecule has 29 heavy (non-hydrogen) atoms. The maximum atomic E-state index is 12.3. The van der Waals surface area contributed by atoms with Gasteiger partial charge in [-0.05, 0) is 60.0 Å². The number of fused-ring (bicyclic) bond motifs is 1. The molecule has 152 valence electrons. The van der Waals surface area contributed by atoms with E-state index in [0.29, 0.717) is 21.9 Å². The molecule has 0 spiro atoms. The topological polar surface area (TPSA) is 79.5 Å². The summed E-state index contributed by atoms with van der Waals surface area (Å²) in [6, 6.07) is 10.9. The molecular formula is C21H24N4O3S. The van der Waals surface area contributed by atoms with Gasteiger partial charge in [0, 0.05) is 37.4 Å². The number of anilines is 1. The molecule has 0 bridgehead atoms. The molecule has 0 unspecified atom stereocenters. The lowest BCUT2D eigenvalue weighted by molar-refractivity contribution is 0.247. The molecule has 0 atom stereocenters. The van der Waals surface area contributed by atoms with E-state index in [0.717, 1.165) is 36.4 Å². The van der Waals surface area contributed by atoms with E-state index in [9.17, 15) is 8.42 Å². The summed E-state index contributed by atoms with van der Waals surface area (Å²) in [7, 11) is -3.35. The van der Waals surface area contributed by atoms with Crippen LogP contribution in [0.4, 0.5) is 5.69 Å². The second-order valence-corrected chi connectivity index (χ2v) is 10.2. The van der Waals surface area contributed by atoms with Gasteiger partial charge in [-0.3, -0.25) is 0 Å². The minimum Gasteiger partial charge on any atom is -0.369 e. The third-order valence-electron chi connectivity index (χ3n) is 5.95. The first-order valence-electron chi connectivity index (χ1n) is 10.0. The van der Waals surface area contributed by atoms with Gasteiger partial charge in [-0.2, -0.15) is 0 Å². The first kappa shape index (κ1) is 18.6. The van der Waals surface area contributed by atoms with Crippen molar-refractivity contribution in [2.45, 2.75) is 17.7 Å². The number of hydrogen-bond donors (Lipinski definition) is 0. The Hall–Kier alpha value is -2.45. The normalized spacial score (nSPS) is 18.4. The zero-order chi connectivity index (χ0) is 20.0. The van der Waals surface area contributed by atoms with Crippen molar-refractivity contribution < 1.29 is 13.0 Å². The van der Waals surface area contributed by atoms with Gasteiger partial charge in [-0.25, -0.2) is 13.0 Å². The summed E-state index contributed by atoms with van der Waals surface area (Å²) in [5.41, 5.74) is 3.82. The number of nitrogens with zero attached hydrogens (tertiary/aromatic N) is 4. The summed E-state index contributed by atoms with van der Waals surface area (Å²) >= 11 is 0. The van der Waals surface area contributed by atoms with E-state index in [1.165, 1.54) is 32.2 Å². The fraction of sp³-hybridized carbons (Fsp3) is 0.429. The molecule has 5 rings (SSSR count). The van der Waals surface area contributed by atoms with Gasteiger partial charge in [0.1, 0.15) is 5.52 Å². The average Bonchev–Trinajstić information content (AvgIpc) is 3.34. The van der Waals surface area contributed by atoms with Crippen molar-refractivity contribution in [2.75, 3.05) is 43.9 Å². The number of aromatic nitrogens is 2. The summed E-state index contributed by atoms with van der Waals surface area (Å²) in [6.07, 6.45) is 3.86. The molecule has 0 N–H and O–H groups in total. The molecule has 7 nitrogen and oxygen atoms in total. The number of rotatable bonds is 5. The van der Waals surface area contributed by atoms with E-state index in [-0.39, 0.29) is 0 Å². The van der Waals surface area contributed by atoms with Crippen LogP contribution in [0.5, 0.6) is 0 Å². The lowest BCUT2D eigenvalue weighted by atomic mass is 9.96. The smallest absolute Gasteiger partial charge is 0.176 e. The van der Waals surface area contributed by atoms with Crippen molar-refractivity contribution in [3.05, 3.63) is 36.4 Å². The fourth-order valence-electron chi connectivity index (χ4n) is 4.51. The largest absolute Gasteiger partial charge is 0.369 e. The molecule has 2 aliphatic rings. The van der Waals surface area contributed by atoms with Crippen LogP contribution in [0.1, 0.15) is 12.8 Å². The van der Waals surface area contributed by atoms with Crippen molar-refractivity contribution in [3.63, 3.8) is 0 Å². The zero-order valence-electron chi connectivity index (χ0n) is 16.4. The maximum Gasteiger partial charge on any atom is 0.176 e. The predicted octanol–water partition coefficient (Wildman–Crippen LogP) is 2.83. The Balaban J connectivity index is 1.48. The van der Waals surface area contributed by atoms with Crippen LogP contribution in [-0.2, 0) is 9.84 Å². The molecule has 2 aliphatic heterocycles. The van der Waals surface area contributed by atoms with Gasteiger partial charge in [0.25, 0.3) is 0 Å². The van der Waals surface area contributed by atoms with Crippen LogP contribution in [0, 0.1) is 5.92 Å². The SMILES string of the molecule is CS(=O)(=O)c1ccccc1-c1cc(N2CC(CN3CCCC3)C2)c2nonc2c1. The summed E-state index contributed by atoms with van der Waals surface area (Å²) in [5.74, 6) is 0.648. The molecule has 0 amide bonds. The van der Waals surface area contributed by atoms with Crippen LogP contribution in [0.2, 0.25) is 0 Å². The molecule has 0 radical (unpaired) electrons. The highest BCUT2D eigenvalue weighted by Gasteiger charge is 2.31. The average molecular weight is 413 g/mol. The van der Waals surface area contributed by atoms with Crippen LogP contribution in [0.25, 0.3) is 22.2 Å². The molecule has 0 saturated carbocycles. The van der Waals surface area contributed by atoms with Gasteiger partial charge in [0.05, 0.1) is 10.6 Å². The standard InChI is InChI=1S/C21H24N4O3S/c1-29(26,27)20-7-3-2-6-17(20)16-10-18-21(23-28-22-18)19(11-16)25-13-15(14-25)12-24-8-4-5-9-24/h2-3,6-7,10-11,15H,4-5,8-9,12-14H2,1H3. The molecule has 0 aliphatic carbocycles. The van der Waals surface area contributed by atoms with Gasteiger partial charge in [-0.15, -0.1) is 0 Å². The van der Waals surface area contributed by atoms with E-state index in [1.807, 2.05) is 24.3 Å². The minimum atomic E-state index is -3.35. The number of likely N-dealkylation sites (tertiary alicyclic amines) is 1. The number of hydrogen-bond acceptors (Lipinski definition) is 7. The quantitative estimate of drug-likeness (QED) is 0.637. The van der Waals surface area contributed by atoms with Crippen LogP contribution < -0.4 is 4.90 Å². The molecule has 1 aromatic heterocycles. The first-order valence-corrected chi connectivity index (χ1v) is 11.9. The molecule has 3 heterocycles. The molecular weight excluding hydrogens is 388 g/mol. The van der Waals surface area contributed by atoms with Crippen LogP contribution in [0.3, 0.4) is 0 Å². The molecule has 3 aromatic rings. The third kappa shape index (κ3) is 3.51. The Morgan fingerprint density at radius 2 is 1.86 bits per heavy atom. The highest BCUT2D eigenvalue weighted by atomic mass is 32.2. The molecule has 2 fully saturated rings. The van der Waals surface area contributed by atoms with E-state index < -0.39 is 9.84 Å². The summed E-state index contributed by atoms with van der Waals surface area (Å²) in [6.45, 7) is 5.51. The van der Waals surface area contributed by atoms with Crippen molar-refractivity contribution in [1.82, 2.24) is 15.2 Å². The van der Waals surface area contributed by atoms with Crippen molar-refractivity contribution in [2.24, 2.45) is 5.92 Å². The Morgan fingerprint density at radius 1 is 1.10 bits per heavy atom. The summed E-state index contributed by atoms with van der Waals surface area (Å²) < 4.78 is 29.5. The van der Waals surface area contributed by atoms with E-state index in [1.54, 1.807) is 12.1 Å². The van der Waals surface area contributed by atoms with E-state index in [2.05, 4.69) is 20.1 Å². The highest BCUT2D eigenvalue weighted by molar-refractivity contribution is 7.90. The van der Waals surface area contributed by atoms with Gasteiger partial charge >= 0.3 is 0 Å². The summed E-state index contributed by atoms with van der Waals surface area (Å²) in [5, 5.41) is 8.13. The lowest BCUT2D eigenvalue weighted by Crippen LogP contribution is -2.51. The van der Waals surface area contributed by atoms with Crippen LogP contribution >= 0.6 is 0 Å². The molecule has 2 saturated heterocycles. The zero-order valence-corrected chi connectivity index (χ0v) is 17.2. The minimum absolute atomic E-state index is 0.317. The van der Waals surface area contributed by atoms with Crippen LogP contribution in [0.15, 0.2) is 45.9 Å². The van der Waals surface area contributed by atoms with E-state index in [4.69, 9.17) is 4.63 Å². The van der Waals surface area contributed by atoms with E-state index >= 15 is 0 Å². The predicted molar refractivity (Wildman–Crippen MR) is 112 cm³/mol. The number of sulfone groups is 1. The second-order valence-electron chi connectivity index (χ2n) is 8.17.